The molecule has 1 atom stereocenters. The number of hydrogen-bond donors (Lipinski definition) is 1. The predicted octanol–water partition coefficient (Wildman–Crippen LogP) is 1.18. The van der Waals surface area contributed by atoms with Gasteiger partial charge in [-0.3, -0.25) is 9.69 Å². The summed E-state index contributed by atoms with van der Waals surface area (Å²) in [7, 11) is 0. The first kappa shape index (κ1) is 14.1. The number of rotatable bonds is 3. The topological polar surface area (TPSA) is 50.2 Å². The molecule has 1 saturated heterocycles. The Bertz CT molecular complexity index is 447. The summed E-state index contributed by atoms with van der Waals surface area (Å²) in [6, 6.07) is 0.274. The number of carbonyl (C=O) groups excluding carboxylic acids is 1. The third-order valence-corrected chi connectivity index (χ3v) is 3.74. The molecule has 5 heteroatoms. The molecule has 0 saturated carbocycles. The van der Waals surface area contributed by atoms with Crippen LogP contribution in [-0.4, -0.2) is 45.0 Å². The van der Waals surface area contributed by atoms with Gasteiger partial charge in [-0.2, -0.15) is 0 Å². The minimum Gasteiger partial charge on any atom is -0.350 e. The quantitative estimate of drug-likeness (QED) is 0.892. The summed E-state index contributed by atoms with van der Waals surface area (Å²) in [5, 5.41) is 3.12. The summed E-state index contributed by atoms with van der Waals surface area (Å²) >= 11 is 0. The third-order valence-electron chi connectivity index (χ3n) is 3.74. The molecule has 1 aromatic rings. The van der Waals surface area contributed by atoms with E-state index in [9.17, 15) is 4.79 Å². The van der Waals surface area contributed by atoms with E-state index < -0.39 is 0 Å². The Morgan fingerprint density at radius 2 is 2.26 bits per heavy atom. The Labute approximate surface area is 115 Å². The fourth-order valence-corrected chi connectivity index (χ4v) is 2.49. The van der Waals surface area contributed by atoms with E-state index >= 15 is 0 Å². The summed E-state index contributed by atoms with van der Waals surface area (Å²) < 4.78 is 1.87. The summed E-state index contributed by atoms with van der Waals surface area (Å²) in [5.74, 6) is 0.944. The van der Waals surface area contributed by atoms with Crippen molar-refractivity contribution in [3.8, 4) is 0 Å². The van der Waals surface area contributed by atoms with Crippen molar-refractivity contribution in [3.05, 3.63) is 18.2 Å². The molecule has 1 aromatic heterocycles. The van der Waals surface area contributed by atoms with E-state index in [1.807, 2.05) is 17.7 Å². The molecule has 106 valence electrons. The van der Waals surface area contributed by atoms with Gasteiger partial charge in [0.15, 0.2) is 0 Å². The SMILES string of the molecule is Cc1nccn1CC(=O)NC1CCN(C(C)(C)C)C1. The first-order chi connectivity index (χ1) is 8.86. The highest BCUT2D eigenvalue weighted by atomic mass is 16.2. The van der Waals surface area contributed by atoms with Gasteiger partial charge in [0, 0.05) is 37.1 Å². The number of imidazole rings is 1. The van der Waals surface area contributed by atoms with Crippen molar-refractivity contribution in [2.75, 3.05) is 13.1 Å². The van der Waals surface area contributed by atoms with Crippen molar-refractivity contribution in [2.45, 2.75) is 52.2 Å². The number of aromatic nitrogens is 2. The van der Waals surface area contributed by atoms with E-state index in [-0.39, 0.29) is 17.5 Å². The van der Waals surface area contributed by atoms with Crippen LogP contribution in [-0.2, 0) is 11.3 Å². The lowest BCUT2D eigenvalue weighted by Gasteiger charge is -2.31. The number of amides is 1. The molecule has 2 heterocycles. The van der Waals surface area contributed by atoms with Gasteiger partial charge >= 0.3 is 0 Å². The van der Waals surface area contributed by atoms with Gasteiger partial charge in [0.25, 0.3) is 0 Å². The van der Waals surface area contributed by atoms with Crippen LogP contribution in [0, 0.1) is 6.92 Å². The van der Waals surface area contributed by atoms with E-state index in [4.69, 9.17) is 0 Å². The molecule has 1 amide bonds. The zero-order valence-corrected chi connectivity index (χ0v) is 12.3. The second kappa shape index (κ2) is 5.33. The van der Waals surface area contributed by atoms with Crippen LogP contribution in [0.25, 0.3) is 0 Å². The number of hydrogen-bond acceptors (Lipinski definition) is 3. The zero-order chi connectivity index (χ0) is 14.0. The van der Waals surface area contributed by atoms with Crippen LogP contribution >= 0.6 is 0 Å². The molecular formula is C14H24N4O. The predicted molar refractivity (Wildman–Crippen MR) is 74.8 cm³/mol. The number of nitrogens with zero attached hydrogens (tertiary/aromatic N) is 3. The minimum atomic E-state index is 0.0712. The maximum atomic E-state index is 12.0. The van der Waals surface area contributed by atoms with Gasteiger partial charge in [0.05, 0.1) is 0 Å². The molecule has 0 aromatic carbocycles. The molecule has 0 aliphatic carbocycles. The molecule has 19 heavy (non-hydrogen) atoms. The van der Waals surface area contributed by atoms with Crippen molar-refractivity contribution >= 4 is 5.91 Å². The summed E-state index contributed by atoms with van der Waals surface area (Å²) in [4.78, 5) is 18.5. The lowest BCUT2D eigenvalue weighted by atomic mass is 10.1. The van der Waals surface area contributed by atoms with Crippen LogP contribution in [0.2, 0.25) is 0 Å². The summed E-state index contributed by atoms with van der Waals surface area (Å²) in [6.45, 7) is 10.9. The van der Waals surface area contributed by atoms with Crippen LogP contribution in [0.15, 0.2) is 12.4 Å². The van der Waals surface area contributed by atoms with Gasteiger partial charge in [-0.15, -0.1) is 0 Å². The van der Waals surface area contributed by atoms with Crippen molar-refractivity contribution < 1.29 is 4.79 Å². The van der Waals surface area contributed by atoms with Crippen molar-refractivity contribution in [1.29, 1.82) is 0 Å². The van der Waals surface area contributed by atoms with Crippen molar-refractivity contribution in [1.82, 2.24) is 19.8 Å². The van der Waals surface area contributed by atoms with E-state index in [1.54, 1.807) is 6.20 Å². The Kier molecular flexibility index (Phi) is 3.94. The van der Waals surface area contributed by atoms with E-state index in [2.05, 4.69) is 36.0 Å². The van der Waals surface area contributed by atoms with Gasteiger partial charge in [-0.05, 0) is 34.1 Å². The molecular weight excluding hydrogens is 240 g/mol. The fraction of sp³-hybridized carbons (Fsp3) is 0.714. The molecule has 0 spiro atoms. The third kappa shape index (κ3) is 3.56. The van der Waals surface area contributed by atoms with Gasteiger partial charge in [0.1, 0.15) is 12.4 Å². The average molecular weight is 264 g/mol. The van der Waals surface area contributed by atoms with Crippen molar-refractivity contribution in [3.63, 3.8) is 0 Å². The second-order valence-electron chi connectivity index (χ2n) is 6.27. The van der Waals surface area contributed by atoms with Crippen LogP contribution in [0.4, 0.5) is 0 Å². The summed E-state index contributed by atoms with van der Waals surface area (Å²) in [5.41, 5.74) is 0.181. The number of aryl methyl sites for hydroxylation is 1. The normalized spacial score (nSPS) is 20.7. The lowest BCUT2D eigenvalue weighted by Crippen LogP contribution is -2.43. The lowest BCUT2D eigenvalue weighted by molar-refractivity contribution is -0.122. The smallest absolute Gasteiger partial charge is 0.240 e. The monoisotopic (exact) mass is 264 g/mol. The molecule has 5 nitrogen and oxygen atoms in total. The highest BCUT2D eigenvalue weighted by molar-refractivity contribution is 5.76. The zero-order valence-electron chi connectivity index (χ0n) is 12.3. The van der Waals surface area contributed by atoms with Crippen LogP contribution in [0.1, 0.15) is 33.0 Å². The Morgan fingerprint density at radius 1 is 1.53 bits per heavy atom. The highest BCUT2D eigenvalue weighted by Gasteiger charge is 2.30. The van der Waals surface area contributed by atoms with Gasteiger partial charge < -0.3 is 9.88 Å². The van der Waals surface area contributed by atoms with Crippen LogP contribution < -0.4 is 5.32 Å². The number of carbonyl (C=O) groups is 1. The maximum absolute atomic E-state index is 12.0. The second-order valence-corrected chi connectivity index (χ2v) is 6.27. The average Bonchev–Trinajstić information content (AvgIpc) is 2.88. The van der Waals surface area contributed by atoms with Gasteiger partial charge in [0.2, 0.25) is 5.91 Å². The molecule has 1 fully saturated rings. The van der Waals surface area contributed by atoms with Crippen LogP contribution in [0.5, 0.6) is 0 Å². The molecule has 1 N–H and O–H groups in total. The Morgan fingerprint density at radius 3 is 2.79 bits per heavy atom. The minimum absolute atomic E-state index is 0.0712. The molecule has 0 bridgehead atoms. The molecule has 1 aliphatic rings. The largest absolute Gasteiger partial charge is 0.350 e. The van der Waals surface area contributed by atoms with E-state index in [0.29, 0.717) is 6.54 Å². The number of nitrogens with one attached hydrogen (secondary N) is 1. The van der Waals surface area contributed by atoms with Gasteiger partial charge in [-0.1, -0.05) is 0 Å². The molecule has 1 aliphatic heterocycles. The van der Waals surface area contributed by atoms with Gasteiger partial charge in [-0.25, -0.2) is 4.98 Å². The Hall–Kier alpha value is -1.36. The fourth-order valence-electron chi connectivity index (χ4n) is 2.49. The van der Waals surface area contributed by atoms with Crippen molar-refractivity contribution in [2.24, 2.45) is 0 Å². The first-order valence-electron chi connectivity index (χ1n) is 6.88. The van der Waals surface area contributed by atoms with Crippen LogP contribution in [0.3, 0.4) is 0 Å². The molecule has 0 radical (unpaired) electrons. The Balaban J connectivity index is 1.83. The summed E-state index contributed by atoms with van der Waals surface area (Å²) in [6.07, 6.45) is 4.59. The standard InChI is InChI=1S/C14H24N4O/c1-11-15-6-8-17(11)10-13(19)16-12-5-7-18(9-12)14(2,3)4/h6,8,12H,5,7,9-10H2,1-4H3,(H,16,19). The molecule has 2 rings (SSSR count). The van der Waals surface area contributed by atoms with E-state index in [1.165, 1.54) is 0 Å². The highest BCUT2D eigenvalue weighted by Crippen LogP contribution is 2.20. The first-order valence-corrected chi connectivity index (χ1v) is 6.88. The maximum Gasteiger partial charge on any atom is 0.240 e. The van der Waals surface area contributed by atoms with E-state index in [0.717, 1.165) is 25.3 Å². The number of likely N-dealkylation sites (tertiary alicyclic amines) is 1. The molecule has 1 unspecified atom stereocenters.